The molecular weight excluding hydrogens is 352 g/mol. The van der Waals surface area contributed by atoms with Gasteiger partial charge in [0, 0.05) is 61.8 Å². The first-order valence-electron chi connectivity index (χ1n) is 9.86. The smallest absolute Gasteiger partial charge is 0.255 e. The molecule has 0 radical (unpaired) electrons. The average Bonchev–Trinajstić information content (AvgIpc) is 3.03. The van der Waals surface area contributed by atoms with Crippen LogP contribution >= 0.6 is 0 Å². The van der Waals surface area contributed by atoms with E-state index in [2.05, 4.69) is 32.6 Å². The van der Waals surface area contributed by atoms with E-state index in [1.807, 2.05) is 12.1 Å². The van der Waals surface area contributed by atoms with Crippen molar-refractivity contribution in [1.29, 1.82) is 0 Å². The Bertz CT molecular complexity index is 840. The zero-order valence-electron chi connectivity index (χ0n) is 16.1. The van der Waals surface area contributed by atoms with Crippen molar-refractivity contribution in [2.24, 2.45) is 0 Å². The van der Waals surface area contributed by atoms with Crippen LogP contribution in [-0.2, 0) is 4.79 Å². The second kappa shape index (κ2) is 8.02. The third-order valence-electron chi connectivity index (χ3n) is 5.58. The summed E-state index contributed by atoms with van der Waals surface area (Å²) in [6, 6.07) is 15.6. The number of piperidine rings is 1. The Kier molecular flexibility index (Phi) is 5.30. The number of hydrogen-bond acceptors (Lipinski definition) is 4. The monoisotopic (exact) mass is 378 g/mol. The SMILES string of the molecule is CC(=O)Nc1ccc(C(=O)Nc2ccc(N3CCN4CCC3CC4)cc2)cc1. The molecular formula is C22H26N4O2. The molecule has 6 nitrogen and oxygen atoms in total. The number of rotatable bonds is 4. The second-order valence-corrected chi connectivity index (χ2v) is 7.53. The summed E-state index contributed by atoms with van der Waals surface area (Å²) in [5.41, 5.74) is 3.24. The third-order valence-corrected chi connectivity index (χ3v) is 5.58. The van der Waals surface area contributed by atoms with E-state index >= 15 is 0 Å². The Balaban J connectivity index is 1.40. The lowest BCUT2D eigenvalue weighted by Gasteiger charge is -2.33. The summed E-state index contributed by atoms with van der Waals surface area (Å²) in [5.74, 6) is -0.296. The van der Waals surface area contributed by atoms with Gasteiger partial charge in [0.2, 0.25) is 5.91 Å². The van der Waals surface area contributed by atoms with Gasteiger partial charge in [0.25, 0.3) is 5.91 Å². The quantitative estimate of drug-likeness (QED) is 0.858. The molecule has 0 aromatic heterocycles. The fraction of sp³-hybridized carbons (Fsp3) is 0.364. The number of hydrogen-bond donors (Lipinski definition) is 2. The van der Waals surface area contributed by atoms with E-state index in [0.29, 0.717) is 17.3 Å². The fourth-order valence-electron chi connectivity index (χ4n) is 4.07. The zero-order chi connectivity index (χ0) is 19.5. The minimum atomic E-state index is -0.164. The van der Waals surface area contributed by atoms with Crippen LogP contribution in [0.1, 0.15) is 30.1 Å². The van der Waals surface area contributed by atoms with Crippen molar-refractivity contribution in [2.45, 2.75) is 25.8 Å². The summed E-state index contributed by atoms with van der Waals surface area (Å²) in [5, 5.41) is 5.64. The van der Waals surface area contributed by atoms with Crippen molar-refractivity contribution in [3.8, 4) is 0 Å². The number of fused-ring (bicyclic) bond motifs is 4. The Morgan fingerprint density at radius 3 is 2.07 bits per heavy atom. The van der Waals surface area contributed by atoms with Crippen molar-refractivity contribution < 1.29 is 9.59 Å². The summed E-state index contributed by atoms with van der Waals surface area (Å²) in [6.45, 7) is 6.06. The van der Waals surface area contributed by atoms with Gasteiger partial charge in [0.15, 0.2) is 0 Å². The topological polar surface area (TPSA) is 64.7 Å². The molecule has 2 N–H and O–H groups in total. The van der Waals surface area contributed by atoms with Gasteiger partial charge in [-0.15, -0.1) is 0 Å². The van der Waals surface area contributed by atoms with E-state index in [1.165, 1.54) is 38.5 Å². The lowest BCUT2D eigenvalue weighted by Crippen LogP contribution is -2.37. The molecule has 2 aromatic rings. The molecule has 2 aromatic carbocycles. The number of carbonyl (C=O) groups excluding carboxylic acids is 2. The summed E-state index contributed by atoms with van der Waals surface area (Å²) < 4.78 is 0. The summed E-state index contributed by atoms with van der Waals surface area (Å²) in [4.78, 5) is 28.6. The van der Waals surface area contributed by atoms with Crippen LogP contribution in [0.5, 0.6) is 0 Å². The molecule has 3 fully saturated rings. The molecule has 3 aliphatic rings. The van der Waals surface area contributed by atoms with Gasteiger partial charge in [0.1, 0.15) is 0 Å². The predicted octanol–water partition coefficient (Wildman–Crippen LogP) is 3.18. The van der Waals surface area contributed by atoms with E-state index in [0.717, 1.165) is 18.8 Å². The van der Waals surface area contributed by atoms with Gasteiger partial charge in [-0.1, -0.05) is 0 Å². The lowest BCUT2D eigenvalue weighted by atomic mass is 10.0. The highest BCUT2D eigenvalue weighted by molar-refractivity contribution is 6.04. The molecule has 2 amide bonds. The first-order chi connectivity index (χ1) is 13.6. The van der Waals surface area contributed by atoms with Gasteiger partial charge in [-0.2, -0.15) is 0 Å². The van der Waals surface area contributed by atoms with Crippen LogP contribution in [0.2, 0.25) is 0 Å². The molecule has 2 bridgehead atoms. The molecule has 0 unspecified atom stereocenters. The number of nitrogens with zero attached hydrogens (tertiary/aromatic N) is 2. The van der Waals surface area contributed by atoms with E-state index in [1.54, 1.807) is 24.3 Å². The highest BCUT2D eigenvalue weighted by Crippen LogP contribution is 2.27. The predicted molar refractivity (Wildman–Crippen MR) is 112 cm³/mol. The van der Waals surface area contributed by atoms with Crippen molar-refractivity contribution in [2.75, 3.05) is 41.7 Å². The fourth-order valence-corrected chi connectivity index (χ4v) is 4.07. The van der Waals surface area contributed by atoms with Crippen LogP contribution in [0.3, 0.4) is 0 Å². The molecule has 146 valence electrons. The van der Waals surface area contributed by atoms with Crippen LogP contribution in [0.15, 0.2) is 48.5 Å². The van der Waals surface area contributed by atoms with Crippen molar-refractivity contribution in [3.63, 3.8) is 0 Å². The number of anilines is 3. The standard InChI is InChI=1S/C22H26N4O2/c1-16(27)23-18-4-2-17(3-5-18)22(28)24-19-6-8-20(9-7-19)26-15-14-25-12-10-21(26)11-13-25/h2-9,21H,10-15H2,1H3,(H,23,27)(H,24,28). The van der Waals surface area contributed by atoms with Crippen LogP contribution in [-0.4, -0.2) is 48.9 Å². The normalized spacial score (nSPS) is 21.1. The van der Waals surface area contributed by atoms with Crippen molar-refractivity contribution in [1.82, 2.24) is 4.90 Å². The summed E-state index contributed by atoms with van der Waals surface area (Å²) in [6.07, 6.45) is 2.46. The Morgan fingerprint density at radius 1 is 0.821 bits per heavy atom. The zero-order valence-corrected chi connectivity index (χ0v) is 16.1. The van der Waals surface area contributed by atoms with Crippen LogP contribution in [0.4, 0.5) is 17.1 Å². The van der Waals surface area contributed by atoms with Gasteiger partial charge in [-0.25, -0.2) is 0 Å². The van der Waals surface area contributed by atoms with Gasteiger partial charge in [-0.05, 0) is 61.4 Å². The van der Waals surface area contributed by atoms with Crippen LogP contribution in [0, 0.1) is 0 Å². The lowest BCUT2D eigenvalue weighted by molar-refractivity contribution is -0.114. The largest absolute Gasteiger partial charge is 0.367 e. The molecule has 3 saturated heterocycles. The molecule has 0 spiro atoms. The molecule has 3 heterocycles. The molecule has 0 saturated carbocycles. The second-order valence-electron chi connectivity index (χ2n) is 7.53. The minimum absolute atomic E-state index is 0.132. The van der Waals surface area contributed by atoms with E-state index in [9.17, 15) is 9.59 Å². The molecule has 0 atom stereocenters. The number of benzene rings is 2. The van der Waals surface area contributed by atoms with Crippen LogP contribution < -0.4 is 15.5 Å². The summed E-state index contributed by atoms with van der Waals surface area (Å²) >= 11 is 0. The van der Waals surface area contributed by atoms with Gasteiger partial charge >= 0.3 is 0 Å². The first kappa shape index (κ1) is 18.5. The average molecular weight is 378 g/mol. The minimum Gasteiger partial charge on any atom is -0.367 e. The Morgan fingerprint density at radius 2 is 1.43 bits per heavy atom. The maximum Gasteiger partial charge on any atom is 0.255 e. The maximum absolute atomic E-state index is 12.5. The van der Waals surface area contributed by atoms with E-state index in [4.69, 9.17) is 0 Å². The first-order valence-corrected chi connectivity index (χ1v) is 9.86. The number of carbonyl (C=O) groups is 2. The van der Waals surface area contributed by atoms with Gasteiger partial charge in [-0.3, -0.25) is 9.59 Å². The number of amides is 2. The van der Waals surface area contributed by atoms with Gasteiger partial charge in [0.05, 0.1) is 0 Å². The Labute approximate surface area is 165 Å². The highest BCUT2D eigenvalue weighted by atomic mass is 16.2. The molecule has 6 heteroatoms. The Hall–Kier alpha value is -2.86. The van der Waals surface area contributed by atoms with Crippen molar-refractivity contribution >= 4 is 28.9 Å². The third kappa shape index (κ3) is 4.17. The molecule has 28 heavy (non-hydrogen) atoms. The maximum atomic E-state index is 12.5. The van der Waals surface area contributed by atoms with E-state index < -0.39 is 0 Å². The highest BCUT2D eigenvalue weighted by Gasteiger charge is 2.28. The number of nitrogens with one attached hydrogen (secondary N) is 2. The summed E-state index contributed by atoms with van der Waals surface area (Å²) in [7, 11) is 0. The molecule has 5 rings (SSSR count). The van der Waals surface area contributed by atoms with Crippen molar-refractivity contribution in [3.05, 3.63) is 54.1 Å². The van der Waals surface area contributed by atoms with E-state index in [-0.39, 0.29) is 11.8 Å². The molecule has 0 aliphatic carbocycles. The van der Waals surface area contributed by atoms with Crippen LogP contribution in [0.25, 0.3) is 0 Å². The molecule has 3 aliphatic heterocycles. The van der Waals surface area contributed by atoms with Gasteiger partial charge < -0.3 is 20.4 Å².